The standard InChI is InChI=1S/C15H19NO2/c1-18-10-11-2-4-12(5-3-11)16-13-6-7-14(16)9-15(17)8-13/h2-5,13-14H,6-10H2,1H3. The largest absolute Gasteiger partial charge is 0.380 e. The summed E-state index contributed by atoms with van der Waals surface area (Å²) in [4.78, 5) is 14.1. The molecule has 2 heterocycles. The van der Waals surface area contributed by atoms with E-state index in [1.54, 1.807) is 7.11 Å². The first-order valence-corrected chi connectivity index (χ1v) is 6.66. The molecule has 2 aliphatic rings. The molecule has 2 saturated heterocycles. The fraction of sp³-hybridized carbons (Fsp3) is 0.533. The van der Waals surface area contributed by atoms with Crippen molar-refractivity contribution in [2.24, 2.45) is 0 Å². The quantitative estimate of drug-likeness (QED) is 0.819. The maximum Gasteiger partial charge on any atom is 0.137 e. The normalized spacial score (nSPS) is 26.7. The Bertz CT molecular complexity index is 424. The fourth-order valence-electron chi connectivity index (χ4n) is 3.32. The van der Waals surface area contributed by atoms with Crippen LogP contribution in [0, 0.1) is 0 Å². The number of fused-ring (bicyclic) bond motifs is 2. The first kappa shape index (κ1) is 11.7. The molecule has 0 radical (unpaired) electrons. The number of carbonyl (C=O) groups is 1. The number of nitrogens with zero attached hydrogens (tertiary/aromatic N) is 1. The predicted octanol–water partition coefficient (Wildman–Crippen LogP) is 2.53. The average molecular weight is 245 g/mol. The number of Topliss-reactive ketones (excluding diaryl/α,β-unsaturated/α-hetero) is 1. The zero-order chi connectivity index (χ0) is 12.5. The SMILES string of the molecule is COCc1ccc(N2C3CCC2CC(=O)C3)cc1. The van der Waals surface area contributed by atoms with Crippen LogP contribution in [0.1, 0.15) is 31.2 Å². The van der Waals surface area contributed by atoms with Crippen molar-refractivity contribution in [2.75, 3.05) is 12.0 Å². The molecule has 3 heteroatoms. The van der Waals surface area contributed by atoms with Gasteiger partial charge < -0.3 is 9.64 Å². The van der Waals surface area contributed by atoms with Crippen LogP contribution >= 0.6 is 0 Å². The van der Waals surface area contributed by atoms with Gasteiger partial charge in [-0.1, -0.05) is 12.1 Å². The Morgan fingerprint density at radius 3 is 2.33 bits per heavy atom. The molecule has 96 valence electrons. The van der Waals surface area contributed by atoms with Crippen molar-refractivity contribution in [3.8, 4) is 0 Å². The second kappa shape index (κ2) is 4.73. The van der Waals surface area contributed by atoms with Gasteiger partial charge in [-0.25, -0.2) is 0 Å². The van der Waals surface area contributed by atoms with Crippen molar-refractivity contribution in [1.82, 2.24) is 0 Å². The van der Waals surface area contributed by atoms with E-state index in [0.29, 0.717) is 24.5 Å². The topological polar surface area (TPSA) is 29.5 Å². The third-order valence-corrected chi connectivity index (χ3v) is 4.09. The number of rotatable bonds is 3. The lowest BCUT2D eigenvalue weighted by Crippen LogP contribution is -2.43. The van der Waals surface area contributed by atoms with Gasteiger partial charge in [0, 0.05) is 37.7 Å². The van der Waals surface area contributed by atoms with Crippen molar-refractivity contribution < 1.29 is 9.53 Å². The molecule has 0 saturated carbocycles. The molecule has 3 rings (SSSR count). The molecule has 3 nitrogen and oxygen atoms in total. The summed E-state index contributed by atoms with van der Waals surface area (Å²) in [5, 5.41) is 0. The molecule has 1 aromatic carbocycles. The monoisotopic (exact) mass is 245 g/mol. The Morgan fingerprint density at radius 2 is 1.78 bits per heavy atom. The smallest absolute Gasteiger partial charge is 0.137 e. The first-order chi connectivity index (χ1) is 8.78. The average Bonchev–Trinajstić information content (AvgIpc) is 2.64. The van der Waals surface area contributed by atoms with Crippen LogP contribution in [-0.4, -0.2) is 25.0 Å². The van der Waals surface area contributed by atoms with Crippen LogP contribution in [0.25, 0.3) is 0 Å². The molecule has 2 unspecified atom stereocenters. The molecule has 2 bridgehead atoms. The summed E-state index contributed by atoms with van der Waals surface area (Å²) in [6.07, 6.45) is 3.79. The van der Waals surface area contributed by atoms with E-state index >= 15 is 0 Å². The van der Waals surface area contributed by atoms with E-state index in [1.807, 2.05) is 0 Å². The van der Waals surface area contributed by atoms with Crippen LogP contribution < -0.4 is 4.90 Å². The van der Waals surface area contributed by atoms with Gasteiger partial charge in [-0.2, -0.15) is 0 Å². The summed E-state index contributed by atoms with van der Waals surface area (Å²) in [7, 11) is 1.71. The zero-order valence-electron chi connectivity index (χ0n) is 10.8. The van der Waals surface area contributed by atoms with Gasteiger partial charge in [0.05, 0.1) is 6.61 Å². The van der Waals surface area contributed by atoms with Gasteiger partial charge >= 0.3 is 0 Å². The lowest BCUT2D eigenvalue weighted by molar-refractivity contribution is -0.120. The summed E-state index contributed by atoms with van der Waals surface area (Å²) in [6.45, 7) is 0.658. The highest BCUT2D eigenvalue weighted by atomic mass is 16.5. The Morgan fingerprint density at radius 1 is 1.17 bits per heavy atom. The molecular formula is C15H19NO2. The molecular weight excluding hydrogens is 226 g/mol. The van der Waals surface area contributed by atoms with Crippen molar-refractivity contribution in [3.05, 3.63) is 29.8 Å². The Kier molecular flexibility index (Phi) is 3.08. The third-order valence-electron chi connectivity index (χ3n) is 4.09. The maximum absolute atomic E-state index is 11.6. The third kappa shape index (κ3) is 2.03. The van der Waals surface area contributed by atoms with E-state index in [2.05, 4.69) is 29.2 Å². The highest BCUT2D eigenvalue weighted by Gasteiger charge is 2.39. The molecule has 2 atom stereocenters. The minimum Gasteiger partial charge on any atom is -0.380 e. The molecule has 0 N–H and O–H groups in total. The highest BCUT2D eigenvalue weighted by Crippen LogP contribution is 2.37. The molecule has 1 aromatic rings. The van der Waals surface area contributed by atoms with Gasteiger partial charge in [-0.3, -0.25) is 4.79 Å². The number of methoxy groups -OCH3 is 1. The number of ether oxygens (including phenoxy) is 1. The Hall–Kier alpha value is -1.35. The van der Waals surface area contributed by atoms with Crippen LogP contribution in [-0.2, 0) is 16.1 Å². The van der Waals surface area contributed by atoms with Gasteiger partial charge in [-0.05, 0) is 30.5 Å². The van der Waals surface area contributed by atoms with Crippen LogP contribution in [0.2, 0.25) is 0 Å². The Balaban J connectivity index is 1.80. The van der Waals surface area contributed by atoms with E-state index in [-0.39, 0.29) is 0 Å². The Labute approximate surface area is 108 Å². The molecule has 18 heavy (non-hydrogen) atoms. The fourth-order valence-corrected chi connectivity index (χ4v) is 3.32. The molecule has 0 spiro atoms. The summed E-state index contributed by atoms with van der Waals surface area (Å²) in [5.74, 6) is 0.440. The van der Waals surface area contributed by atoms with Crippen LogP contribution in [0.5, 0.6) is 0 Å². The molecule has 0 aliphatic carbocycles. The second-order valence-corrected chi connectivity index (χ2v) is 5.34. The van der Waals surface area contributed by atoms with Crippen molar-refractivity contribution in [2.45, 2.75) is 44.4 Å². The molecule has 0 aromatic heterocycles. The minimum atomic E-state index is 0.435. The highest BCUT2D eigenvalue weighted by molar-refractivity contribution is 5.83. The molecule has 0 amide bonds. The summed E-state index contributed by atoms with van der Waals surface area (Å²) >= 11 is 0. The van der Waals surface area contributed by atoms with E-state index < -0.39 is 0 Å². The summed E-state index contributed by atoms with van der Waals surface area (Å²) < 4.78 is 5.12. The maximum atomic E-state index is 11.6. The molecule has 2 fully saturated rings. The van der Waals surface area contributed by atoms with Gasteiger partial charge in [-0.15, -0.1) is 0 Å². The summed E-state index contributed by atoms with van der Waals surface area (Å²) in [5.41, 5.74) is 2.46. The van der Waals surface area contributed by atoms with E-state index in [4.69, 9.17) is 4.74 Å². The van der Waals surface area contributed by atoms with E-state index in [1.165, 1.54) is 11.3 Å². The van der Waals surface area contributed by atoms with Gasteiger partial charge in [0.2, 0.25) is 0 Å². The van der Waals surface area contributed by atoms with Crippen molar-refractivity contribution in [3.63, 3.8) is 0 Å². The number of ketones is 1. The zero-order valence-corrected chi connectivity index (χ0v) is 10.8. The van der Waals surface area contributed by atoms with E-state index in [9.17, 15) is 4.79 Å². The number of piperidine rings is 1. The van der Waals surface area contributed by atoms with Gasteiger partial charge in [0.1, 0.15) is 5.78 Å². The number of anilines is 1. The van der Waals surface area contributed by atoms with Crippen molar-refractivity contribution in [1.29, 1.82) is 0 Å². The van der Waals surface area contributed by atoms with Gasteiger partial charge in [0.25, 0.3) is 0 Å². The lowest BCUT2D eigenvalue weighted by Gasteiger charge is -2.36. The predicted molar refractivity (Wildman–Crippen MR) is 70.7 cm³/mol. The van der Waals surface area contributed by atoms with Crippen LogP contribution in [0.4, 0.5) is 5.69 Å². The van der Waals surface area contributed by atoms with Crippen molar-refractivity contribution >= 4 is 11.5 Å². The minimum absolute atomic E-state index is 0.435. The van der Waals surface area contributed by atoms with Gasteiger partial charge in [0.15, 0.2) is 0 Å². The lowest BCUT2D eigenvalue weighted by atomic mass is 10.0. The molecule has 2 aliphatic heterocycles. The number of hydrogen-bond acceptors (Lipinski definition) is 3. The summed E-state index contributed by atoms with van der Waals surface area (Å²) in [6, 6.07) is 9.43. The number of benzene rings is 1. The van der Waals surface area contributed by atoms with Crippen LogP contribution in [0.15, 0.2) is 24.3 Å². The van der Waals surface area contributed by atoms with Crippen LogP contribution in [0.3, 0.4) is 0 Å². The number of carbonyl (C=O) groups excluding carboxylic acids is 1. The second-order valence-electron chi connectivity index (χ2n) is 5.34. The number of hydrogen-bond donors (Lipinski definition) is 0. The van der Waals surface area contributed by atoms with E-state index in [0.717, 1.165) is 25.7 Å². The first-order valence-electron chi connectivity index (χ1n) is 6.66.